The molecule has 0 bridgehead atoms. The molecule has 106 valence electrons. The number of urea groups is 1. The lowest BCUT2D eigenvalue weighted by molar-refractivity contribution is -0.130. The maximum atomic E-state index is 11.7. The third-order valence-electron chi connectivity index (χ3n) is 2.58. The van der Waals surface area contributed by atoms with Gasteiger partial charge >= 0.3 is 12.0 Å². The fraction of sp³-hybridized carbons (Fsp3) is 0.250. The van der Waals surface area contributed by atoms with Crippen LogP contribution in [0, 0.1) is 0 Å². The van der Waals surface area contributed by atoms with Crippen molar-refractivity contribution in [2.45, 2.75) is 0 Å². The van der Waals surface area contributed by atoms with E-state index in [4.69, 9.17) is 27.9 Å². The molecule has 1 heterocycles. The molecule has 3 amide bonds. The molecule has 20 heavy (non-hydrogen) atoms. The standard InChI is InChI=1S/C12H10Cl2N2O4/c13-8-3-7(4-9(14)5-8)11(18)20-6-10(17)16-2-1-15-12(16)19/h3-5H,1-2,6H2,(H,15,19). The lowest BCUT2D eigenvalue weighted by atomic mass is 10.2. The molecule has 1 aliphatic heterocycles. The number of carbonyl (C=O) groups is 3. The van der Waals surface area contributed by atoms with Crippen LogP contribution in [0.1, 0.15) is 10.4 Å². The molecule has 1 fully saturated rings. The average Bonchev–Trinajstić information content (AvgIpc) is 2.80. The molecule has 2 rings (SSSR count). The highest BCUT2D eigenvalue weighted by molar-refractivity contribution is 6.35. The number of carbonyl (C=O) groups excluding carboxylic acids is 3. The van der Waals surface area contributed by atoms with Gasteiger partial charge in [0.05, 0.1) is 5.56 Å². The third-order valence-corrected chi connectivity index (χ3v) is 3.02. The number of esters is 1. The Bertz CT molecular complexity index is 556. The number of ether oxygens (including phenoxy) is 1. The van der Waals surface area contributed by atoms with Crippen molar-refractivity contribution in [1.82, 2.24) is 10.2 Å². The number of nitrogens with zero attached hydrogens (tertiary/aromatic N) is 1. The molecule has 6 nitrogen and oxygen atoms in total. The van der Waals surface area contributed by atoms with Crippen molar-refractivity contribution in [2.75, 3.05) is 19.7 Å². The molecule has 1 aliphatic rings. The van der Waals surface area contributed by atoms with Crippen molar-refractivity contribution in [1.29, 1.82) is 0 Å². The van der Waals surface area contributed by atoms with Crippen LogP contribution in [0.15, 0.2) is 18.2 Å². The third kappa shape index (κ3) is 3.40. The lowest BCUT2D eigenvalue weighted by Gasteiger charge is -2.12. The minimum atomic E-state index is -0.734. The van der Waals surface area contributed by atoms with Crippen LogP contribution in [-0.4, -0.2) is 42.5 Å². The molecule has 0 atom stereocenters. The Hall–Kier alpha value is -1.79. The number of benzene rings is 1. The Labute approximate surface area is 124 Å². The molecule has 1 aromatic rings. The number of hydrogen-bond donors (Lipinski definition) is 1. The van der Waals surface area contributed by atoms with Gasteiger partial charge in [-0.05, 0) is 18.2 Å². The summed E-state index contributed by atoms with van der Waals surface area (Å²) < 4.78 is 4.83. The van der Waals surface area contributed by atoms with E-state index >= 15 is 0 Å². The second-order valence-electron chi connectivity index (χ2n) is 4.01. The summed E-state index contributed by atoms with van der Waals surface area (Å²) in [6.45, 7) is 0.136. The minimum absolute atomic E-state index is 0.140. The first-order valence-electron chi connectivity index (χ1n) is 5.69. The fourth-order valence-corrected chi connectivity index (χ4v) is 2.20. The summed E-state index contributed by atoms with van der Waals surface area (Å²) in [5, 5.41) is 3.05. The summed E-state index contributed by atoms with van der Waals surface area (Å²) in [5.74, 6) is -1.32. The molecule has 8 heteroatoms. The van der Waals surface area contributed by atoms with Gasteiger partial charge in [0.2, 0.25) is 0 Å². The molecule has 1 aromatic carbocycles. The van der Waals surface area contributed by atoms with Gasteiger partial charge in [-0.1, -0.05) is 23.2 Å². The molecule has 1 saturated heterocycles. The highest BCUT2D eigenvalue weighted by atomic mass is 35.5. The van der Waals surface area contributed by atoms with Gasteiger partial charge in [0.25, 0.3) is 5.91 Å². The lowest BCUT2D eigenvalue weighted by Crippen LogP contribution is -2.37. The van der Waals surface area contributed by atoms with E-state index < -0.39 is 24.5 Å². The molecular weight excluding hydrogens is 307 g/mol. The topological polar surface area (TPSA) is 75.7 Å². The van der Waals surface area contributed by atoms with Crippen LogP contribution >= 0.6 is 23.2 Å². The number of nitrogens with one attached hydrogen (secondary N) is 1. The highest BCUT2D eigenvalue weighted by Crippen LogP contribution is 2.19. The zero-order chi connectivity index (χ0) is 14.7. The Balaban J connectivity index is 1.95. The maximum absolute atomic E-state index is 11.7. The molecule has 0 radical (unpaired) electrons. The Kier molecular flexibility index (Phi) is 4.46. The van der Waals surface area contributed by atoms with Crippen molar-refractivity contribution in [2.24, 2.45) is 0 Å². The van der Waals surface area contributed by atoms with Crippen LogP contribution in [0.2, 0.25) is 10.0 Å². The monoisotopic (exact) mass is 316 g/mol. The quantitative estimate of drug-likeness (QED) is 0.861. The zero-order valence-corrected chi connectivity index (χ0v) is 11.7. The van der Waals surface area contributed by atoms with Crippen molar-refractivity contribution in [3.8, 4) is 0 Å². The second-order valence-corrected chi connectivity index (χ2v) is 4.88. The molecular formula is C12H10Cl2N2O4. The van der Waals surface area contributed by atoms with Crippen LogP contribution < -0.4 is 5.32 Å². The van der Waals surface area contributed by atoms with Gasteiger partial charge in [0, 0.05) is 23.1 Å². The SMILES string of the molecule is O=C(OCC(=O)N1CCNC1=O)c1cc(Cl)cc(Cl)c1. The van der Waals surface area contributed by atoms with E-state index in [1.807, 2.05) is 0 Å². The molecule has 0 aliphatic carbocycles. The van der Waals surface area contributed by atoms with Crippen molar-refractivity contribution in [3.63, 3.8) is 0 Å². The van der Waals surface area contributed by atoms with Gasteiger partial charge in [-0.3, -0.25) is 9.69 Å². The molecule has 0 spiro atoms. The number of imide groups is 1. The Morgan fingerprint density at radius 3 is 2.45 bits per heavy atom. The number of rotatable bonds is 3. The molecule has 1 N–H and O–H groups in total. The van der Waals surface area contributed by atoms with Gasteiger partial charge in [0.15, 0.2) is 6.61 Å². The van der Waals surface area contributed by atoms with Gasteiger partial charge in [-0.15, -0.1) is 0 Å². The molecule has 0 unspecified atom stereocenters. The van der Waals surface area contributed by atoms with Crippen LogP contribution in [-0.2, 0) is 9.53 Å². The molecule has 0 saturated carbocycles. The first-order valence-corrected chi connectivity index (χ1v) is 6.44. The summed E-state index contributed by atoms with van der Waals surface area (Å²) in [5.41, 5.74) is 0.140. The Morgan fingerprint density at radius 2 is 1.90 bits per heavy atom. The van der Waals surface area contributed by atoms with Crippen molar-refractivity contribution >= 4 is 41.1 Å². The van der Waals surface area contributed by atoms with E-state index in [-0.39, 0.29) is 22.2 Å². The van der Waals surface area contributed by atoms with Crippen molar-refractivity contribution < 1.29 is 19.1 Å². The van der Waals surface area contributed by atoms with E-state index in [0.29, 0.717) is 6.54 Å². The first-order chi connectivity index (χ1) is 9.47. The van der Waals surface area contributed by atoms with Gasteiger partial charge < -0.3 is 10.1 Å². The summed E-state index contributed by atoms with van der Waals surface area (Å²) in [6, 6.07) is 3.74. The second kappa shape index (κ2) is 6.11. The number of halogens is 2. The van der Waals surface area contributed by atoms with Crippen LogP contribution in [0.25, 0.3) is 0 Å². The predicted molar refractivity (Wildman–Crippen MR) is 71.9 cm³/mol. The number of amides is 3. The average molecular weight is 317 g/mol. The molecule has 0 aromatic heterocycles. The highest BCUT2D eigenvalue weighted by Gasteiger charge is 2.26. The van der Waals surface area contributed by atoms with E-state index in [1.54, 1.807) is 0 Å². The van der Waals surface area contributed by atoms with E-state index in [1.165, 1.54) is 18.2 Å². The maximum Gasteiger partial charge on any atom is 0.338 e. The van der Waals surface area contributed by atoms with E-state index in [9.17, 15) is 14.4 Å². The summed E-state index contributed by atoms with van der Waals surface area (Å²) in [6.07, 6.45) is 0. The Morgan fingerprint density at radius 1 is 1.25 bits per heavy atom. The normalized spacial score (nSPS) is 14.1. The minimum Gasteiger partial charge on any atom is -0.452 e. The number of hydrogen-bond acceptors (Lipinski definition) is 4. The largest absolute Gasteiger partial charge is 0.452 e. The van der Waals surface area contributed by atoms with Gasteiger partial charge in [0.1, 0.15) is 0 Å². The van der Waals surface area contributed by atoms with Crippen molar-refractivity contribution in [3.05, 3.63) is 33.8 Å². The predicted octanol–water partition coefficient (Wildman–Crippen LogP) is 1.70. The fourth-order valence-electron chi connectivity index (χ4n) is 1.67. The van der Waals surface area contributed by atoms with Gasteiger partial charge in [-0.25, -0.2) is 9.59 Å². The summed E-state index contributed by atoms with van der Waals surface area (Å²) in [4.78, 5) is 35.6. The summed E-state index contributed by atoms with van der Waals surface area (Å²) in [7, 11) is 0. The smallest absolute Gasteiger partial charge is 0.338 e. The van der Waals surface area contributed by atoms with Crippen LogP contribution in [0.5, 0.6) is 0 Å². The zero-order valence-electron chi connectivity index (χ0n) is 10.2. The van der Waals surface area contributed by atoms with Gasteiger partial charge in [-0.2, -0.15) is 0 Å². The summed E-state index contributed by atoms with van der Waals surface area (Å²) >= 11 is 11.5. The first kappa shape index (κ1) is 14.6. The van der Waals surface area contributed by atoms with Crippen LogP contribution in [0.4, 0.5) is 4.79 Å². The van der Waals surface area contributed by atoms with E-state index in [0.717, 1.165) is 4.90 Å². The van der Waals surface area contributed by atoms with Crippen LogP contribution in [0.3, 0.4) is 0 Å². The van der Waals surface area contributed by atoms with E-state index in [2.05, 4.69) is 5.32 Å².